The van der Waals surface area contributed by atoms with E-state index < -0.39 is 0 Å². The average Bonchev–Trinajstić information content (AvgIpc) is 3.13. The lowest BCUT2D eigenvalue weighted by atomic mass is 9.62. The molecule has 158 valence electrons. The number of aryl methyl sites for hydroxylation is 1. The minimum Gasteiger partial charge on any atom is -0.456 e. The van der Waals surface area contributed by atoms with Crippen LogP contribution in [0.5, 0.6) is 0 Å². The van der Waals surface area contributed by atoms with Crippen molar-refractivity contribution in [1.29, 1.82) is 0 Å². The Morgan fingerprint density at radius 2 is 1.72 bits per heavy atom. The third-order valence-electron chi connectivity index (χ3n) is 6.87. The minimum atomic E-state index is -0.124. The second kappa shape index (κ2) is 8.01. The van der Waals surface area contributed by atoms with Gasteiger partial charge in [0.05, 0.1) is 0 Å². The first kappa shape index (κ1) is 21.7. The van der Waals surface area contributed by atoms with Gasteiger partial charge in [0.2, 0.25) is 0 Å². The van der Waals surface area contributed by atoms with Gasteiger partial charge < -0.3 is 9.73 Å². The molecular formula is C26H37NO2. The lowest BCUT2D eigenvalue weighted by Gasteiger charge is -2.42. The summed E-state index contributed by atoms with van der Waals surface area (Å²) in [6.07, 6.45) is 4.19. The Balaban J connectivity index is 1.81. The molecule has 2 aromatic rings. The lowest BCUT2D eigenvalue weighted by molar-refractivity contribution is 0.0918. The third-order valence-corrected chi connectivity index (χ3v) is 6.87. The van der Waals surface area contributed by atoms with Crippen LogP contribution in [0.15, 0.2) is 28.7 Å². The molecule has 1 unspecified atom stereocenters. The van der Waals surface area contributed by atoms with Crippen LogP contribution in [0.2, 0.25) is 0 Å². The van der Waals surface area contributed by atoms with E-state index in [2.05, 4.69) is 65.9 Å². The Labute approximate surface area is 176 Å². The summed E-state index contributed by atoms with van der Waals surface area (Å²) in [7, 11) is 0. The molecule has 0 spiro atoms. The average molecular weight is 396 g/mol. The maximum atomic E-state index is 12.3. The molecule has 1 aliphatic rings. The molecule has 0 fully saturated rings. The second-order valence-corrected chi connectivity index (χ2v) is 10.3. The maximum Gasteiger partial charge on any atom is 0.287 e. The van der Waals surface area contributed by atoms with Crippen molar-refractivity contribution in [1.82, 2.24) is 5.32 Å². The number of rotatable bonds is 6. The van der Waals surface area contributed by atoms with Crippen LogP contribution in [0.1, 0.15) is 99.4 Å². The molecule has 1 amide bonds. The van der Waals surface area contributed by atoms with E-state index in [9.17, 15) is 4.79 Å². The minimum absolute atomic E-state index is 0.124. The van der Waals surface area contributed by atoms with Crippen molar-refractivity contribution in [2.75, 3.05) is 6.54 Å². The Bertz CT molecular complexity index is 888. The Morgan fingerprint density at radius 3 is 2.34 bits per heavy atom. The summed E-state index contributed by atoms with van der Waals surface area (Å²) in [5.41, 5.74) is 5.95. The number of furan rings is 1. The molecular weight excluding hydrogens is 358 g/mol. The van der Waals surface area contributed by atoms with E-state index in [1.165, 1.54) is 35.1 Å². The zero-order chi connectivity index (χ0) is 21.4. The van der Waals surface area contributed by atoms with E-state index in [0.29, 0.717) is 24.6 Å². The van der Waals surface area contributed by atoms with Gasteiger partial charge in [-0.15, -0.1) is 0 Å². The van der Waals surface area contributed by atoms with Crippen molar-refractivity contribution in [3.05, 3.63) is 58.0 Å². The molecule has 0 saturated carbocycles. The van der Waals surface area contributed by atoms with Crippen molar-refractivity contribution in [3.8, 4) is 0 Å². The zero-order valence-corrected chi connectivity index (χ0v) is 19.2. The molecule has 0 aliphatic heterocycles. The topological polar surface area (TPSA) is 42.2 Å². The molecule has 0 radical (unpaired) electrons. The molecule has 3 heteroatoms. The number of carbonyl (C=O) groups is 1. The normalized spacial score (nSPS) is 18.2. The molecule has 1 atom stereocenters. The van der Waals surface area contributed by atoms with Gasteiger partial charge in [0.15, 0.2) is 5.76 Å². The highest BCUT2D eigenvalue weighted by Gasteiger charge is 2.37. The first-order valence-corrected chi connectivity index (χ1v) is 11.0. The van der Waals surface area contributed by atoms with Crippen LogP contribution in [-0.2, 0) is 17.3 Å². The van der Waals surface area contributed by atoms with E-state index in [-0.39, 0.29) is 16.7 Å². The summed E-state index contributed by atoms with van der Waals surface area (Å²) >= 11 is 0. The van der Waals surface area contributed by atoms with Gasteiger partial charge in [-0.25, -0.2) is 0 Å². The van der Waals surface area contributed by atoms with Crippen LogP contribution in [-0.4, -0.2) is 12.5 Å². The van der Waals surface area contributed by atoms with Crippen molar-refractivity contribution in [2.24, 2.45) is 5.92 Å². The molecule has 1 aliphatic carbocycles. The number of benzene rings is 1. The SMILES string of the molecule is CCC(C)CNC(=O)c1ccc(Cc2cc3c(cc2C)C(C)(C)CCC3(C)C)o1. The van der Waals surface area contributed by atoms with Gasteiger partial charge in [-0.1, -0.05) is 60.1 Å². The van der Waals surface area contributed by atoms with E-state index >= 15 is 0 Å². The van der Waals surface area contributed by atoms with Gasteiger partial charge in [-0.2, -0.15) is 0 Å². The van der Waals surface area contributed by atoms with Crippen LogP contribution in [0.4, 0.5) is 0 Å². The highest BCUT2D eigenvalue weighted by Crippen LogP contribution is 2.46. The van der Waals surface area contributed by atoms with Crippen molar-refractivity contribution in [2.45, 2.75) is 85.0 Å². The van der Waals surface area contributed by atoms with Gasteiger partial charge in [0.1, 0.15) is 5.76 Å². The number of amides is 1. The molecule has 1 heterocycles. The molecule has 29 heavy (non-hydrogen) atoms. The molecule has 3 rings (SSSR count). The number of fused-ring (bicyclic) bond motifs is 1. The van der Waals surface area contributed by atoms with Crippen LogP contribution < -0.4 is 5.32 Å². The summed E-state index contributed by atoms with van der Waals surface area (Å²) in [5, 5.41) is 2.97. The van der Waals surface area contributed by atoms with Gasteiger partial charge in [-0.05, 0) is 70.9 Å². The monoisotopic (exact) mass is 395 g/mol. The first-order valence-electron chi connectivity index (χ1n) is 11.0. The van der Waals surface area contributed by atoms with Gasteiger partial charge in [-0.3, -0.25) is 4.79 Å². The van der Waals surface area contributed by atoms with Gasteiger partial charge in [0, 0.05) is 13.0 Å². The smallest absolute Gasteiger partial charge is 0.287 e. The summed E-state index contributed by atoms with van der Waals surface area (Å²) in [6.45, 7) is 16.6. The summed E-state index contributed by atoms with van der Waals surface area (Å²) < 4.78 is 5.90. The maximum absolute atomic E-state index is 12.3. The van der Waals surface area contributed by atoms with Crippen molar-refractivity contribution in [3.63, 3.8) is 0 Å². The molecule has 1 N–H and O–H groups in total. The van der Waals surface area contributed by atoms with E-state index in [1.54, 1.807) is 6.07 Å². The largest absolute Gasteiger partial charge is 0.456 e. The lowest BCUT2D eigenvalue weighted by Crippen LogP contribution is -2.34. The third kappa shape index (κ3) is 4.60. The first-order chi connectivity index (χ1) is 13.5. The fourth-order valence-electron chi connectivity index (χ4n) is 4.24. The molecule has 0 bridgehead atoms. The zero-order valence-electron chi connectivity index (χ0n) is 19.2. The predicted molar refractivity (Wildman–Crippen MR) is 120 cm³/mol. The quantitative estimate of drug-likeness (QED) is 0.623. The summed E-state index contributed by atoms with van der Waals surface area (Å²) in [6, 6.07) is 8.50. The fourth-order valence-corrected chi connectivity index (χ4v) is 4.24. The fraction of sp³-hybridized carbons (Fsp3) is 0.577. The predicted octanol–water partition coefficient (Wildman–Crippen LogP) is 6.30. The van der Waals surface area contributed by atoms with Crippen LogP contribution in [0, 0.1) is 12.8 Å². The summed E-state index contributed by atoms with van der Waals surface area (Å²) in [5.74, 6) is 1.59. The molecule has 0 saturated heterocycles. The van der Waals surface area contributed by atoms with Crippen molar-refractivity contribution < 1.29 is 9.21 Å². The molecule has 1 aromatic heterocycles. The van der Waals surface area contributed by atoms with Gasteiger partial charge in [0.25, 0.3) is 5.91 Å². The number of hydrogen-bond acceptors (Lipinski definition) is 2. The van der Waals surface area contributed by atoms with Crippen molar-refractivity contribution >= 4 is 5.91 Å². The van der Waals surface area contributed by atoms with E-state index in [0.717, 1.165) is 12.2 Å². The second-order valence-electron chi connectivity index (χ2n) is 10.3. The highest BCUT2D eigenvalue weighted by molar-refractivity contribution is 5.91. The van der Waals surface area contributed by atoms with E-state index in [4.69, 9.17) is 4.42 Å². The van der Waals surface area contributed by atoms with Crippen LogP contribution in [0.25, 0.3) is 0 Å². The standard InChI is InChI=1S/C26H37NO2/c1-8-17(2)16-27-24(28)23-10-9-20(29-23)14-19-15-22-21(13-18(19)3)25(4,5)11-12-26(22,6)7/h9-10,13,15,17H,8,11-12,14,16H2,1-7H3,(H,27,28). The molecule has 3 nitrogen and oxygen atoms in total. The molecule has 1 aromatic carbocycles. The number of carbonyl (C=O) groups excluding carboxylic acids is 1. The number of nitrogens with one attached hydrogen (secondary N) is 1. The van der Waals surface area contributed by atoms with Gasteiger partial charge >= 0.3 is 0 Å². The summed E-state index contributed by atoms with van der Waals surface area (Å²) in [4.78, 5) is 12.3. The Hall–Kier alpha value is -2.03. The Kier molecular flexibility index (Phi) is 5.98. The van der Waals surface area contributed by atoms with Crippen LogP contribution in [0.3, 0.4) is 0 Å². The number of hydrogen-bond donors (Lipinski definition) is 1. The van der Waals surface area contributed by atoms with Crippen LogP contribution >= 0.6 is 0 Å². The Morgan fingerprint density at radius 1 is 1.10 bits per heavy atom. The van der Waals surface area contributed by atoms with E-state index in [1.807, 2.05) is 6.07 Å². The highest BCUT2D eigenvalue weighted by atomic mass is 16.3.